The summed E-state index contributed by atoms with van der Waals surface area (Å²) >= 11 is 0. The predicted octanol–water partition coefficient (Wildman–Crippen LogP) is 2.57. The summed E-state index contributed by atoms with van der Waals surface area (Å²) in [6.07, 6.45) is 8.38. The van der Waals surface area contributed by atoms with Crippen LogP contribution >= 0.6 is 0 Å². The van der Waals surface area contributed by atoms with E-state index in [2.05, 4.69) is 29.0 Å². The zero-order chi connectivity index (χ0) is 13.8. The molecule has 0 unspecified atom stereocenters. The Hall–Kier alpha value is -0.120. The van der Waals surface area contributed by atoms with Gasteiger partial charge in [0, 0.05) is 39.3 Å². The molecule has 0 aromatic rings. The van der Waals surface area contributed by atoms with Crippen molar-refractivity contribution in [1.82, 2.24) is 15.1 Å². The maximum Gasteiger partial charge on any atom is 0.0110 e. The maximum absolute atomic E-state index is 3.59. The van der Waals surface area contributed by atoms with Gasteiger partial charge in [-0.1, -0.05) is 46.0 Å². The molecule has 0 aliphatic carbocycles. The van der Waals surface area contributed by atoms with Gasteiger partial charge in [0.15, 0.2) is 0 Å². The van der Waals surface area contributed by atoms with Gasteiger partial charge in [-0.25, -0.2) is 0 Å². The van der Waals surface area contributed by atoms with Gasteiger partial charge in [-0.15, -0.1) is 0 Å². The van der Waals surface area contributed by atoms with Crippen LogP contribution in [0.4, 0.5) is 0 Å². The third-order valence-corrected chi connectivity index (χ3v) is 4.22. The van der Waals surface area contributed by atoms with Gasteiger partial charge < -0.3 is 10.2 Å². The quantitative estimate of drug-likeness (QED) is 0.582. The molecule has 0 aromatic carbocycles. The topological polar surface area (TPSA) is 18.5 Å². The fraction of sp³-hybridized carbons (Fsp3) is 1.00. The Morgan fingerprint density at radius 2 is 1.37 bits per heavy atom. The summed E-state index contributed by atoms with van der Waals surface area (Å²) in [6.45, 7) is 14.4. The maximum atomic E-state index is 3.59. The lowest BCUT2D eigenvalue weighted by Crippen LogP contribution is -2.47. The van der Waals surface area contributed by atoms with Crippen LogP contribution in [0.1, 0.15) is 52.4 Å². The molecule has 0 radical (unpaired) electrons. The predicted molar refractivity (Wildman–Crippen MR) is 84.8 cm³/mol. The van der Waals surface area contributed by atoms with Crippen molar-refractivity contribution in [3.8, 4) is 0 Å². The van der Waals surface area contributed by atoms with Gasteiger partial charge in [0.1, 0.15) is 0 Å². The lowest BCUT2D eigenvalue weighted by atomic mass is 10.1. The number of likely N-dealkylation sites (N-methyl/N-ethyl adjacent to an activating group) is 1. The van der Waals surface area contributed by atoms with Gasteiger partial charge in [0.05, 0.1) is 0 Å². The van der Waals surface area contributed by atoms with E-state index in [1.54, 1.807) is 0 Å². The summed E-state index contributed by atoms with van der Waals surface area (Å²) in [6, 6.07) is 0. The van der Waals surface area contributed by atoms with Crippen molar-refractivity contribution < 1.29 is 0 Å². The van der Waals surface area contributed by atoms with E-state index in [4.69, 9.17) is 0 Å². The van der Waals surface area contributed by atoms with Crippen LogP contribution < -0.4 is 5.32 Å². The molecule has 1 aliphatic rings. The first kappa shape index (κ1) is 16.9. The highest BCUT2D eigenvalue weighted by molar-refractivity contribution is 4.71. The van der Waals surface area contributed by atoms with Crippen LogP contribution in [-0.2, 0) is 0 Å². The van der Waals surface area contributed by atoms with Crippen molar-refractivity contribution in [3.05, 3.63) is 0 Å². The molecule has 1 aliphatic heterocycles. The van der Waals surface area contributed by atoms with Gasteiger partial charge in [-0.05, 0) is 19.5 Å². The van der Waals surface area contributed by atoms with Crippen molar-refractivity contribution in [2.75, 3.05) is 52.4 Å². The van der Waals surface area contributed by atoms with Crippen molar-refractivity contribution in [3.63, 3.8) is 0 Å². The van der Waals surface area contributed by atoms with Crippen molar-refractivity contribution in [1.29, 1.82) is 0 Å². The van der Waals surface area contributed by atoms with E-state index in [-0.39, 0.29) is 0 Å². The van der Waals surface area contributed by atoms with E-state index in [1.807, 2.05) is 0 Å². The summed E-state index contributed by atoms with van der Waals surface area (Å²) < 4.78 is 0. The summed E-state index contributed by atoms with van der Waals surface area (Å²) in [5, 5.41) is 3.59. The molecule has 0 aromatic heterocycles. The van der Waals surface area contributed by atoms with Crippen molar-refractivity contribution in [2.45, 2.75) is 52.4 Å². The Bertz CT molecular complexity index is 188. The third-order valence-electron chi connectivity index (χ3n) is 4.22. The number of piperazine rings is 1. The minimum absolute atomic E-state index is 1.17. The lowest BCUT2D eigenvalue weighted by Gasteiger charge is -2.34. The standard InChI is InChI=1S/C16H35N3/c1-3-5-6-7-8-9-10-17-11-12-19-15-13-18(4-2)14-16-19/h17H,3-16H2,1-2H3. The van der Waals surface area contributed by atoms with Gasteiger partial charge in [0.25, 0.3) is 0 Å². The van der Waals surface area contributed by atoms with Gasteiger partial charge >= 0.3 is 0 Å². The number of hydrogen-bond donors (Lipinski definition) is 1. The summed E-state index contributed by atoms with van der Waals surface area (Å²) in [7, 11) is 0. The van der Waals surface area contributed by atoms with E-state index in [9.17, 15) is 0 Å². The van der Waals surface area contributed by atoms with Crippen LogP contribution in [0.2, 0.25) is 0 Å². The molecule has 3 nitrogen and oxygen atoms in total. The average Bonchev–Trinajstić information content (AvgIpc) is 2.46. The minimum Gasteiger partial charge on any atom is -0.315 e. The Morgan fingerprint density at radius 1 is 0.737 bits per heavy atom. The number of nitrogens with one attached hydrogen (secondary N) is 1. The molecule has 3 heteroatoms. The van der Waals surface area contributed by atoms with Crippen LogP contribution in [0.3, 0.4) is 0 Å². The average molecular weight is 269 g/mol. The number of nitrogens with zero attached hydrogens (tertiary/aromatic N) is 2. The van der Waals surface area contributed by atoms with Crippen molar-refractivity contribution >= 4 is 0 Å². The molecular formula is C16H35N3. The SMILES string of the molecule is CCCCCCCCNCCN1CCN(CC)CC1. The second-order valence-electron chi connectivity index (χ2n) is 5.79. The van der Waals surface area contributed by atoms with Crippen LogP contribution in [-0.4, -0.2) is 62.2 Å². The number of unbranched alkanes of at least 4 members (excludes halogenated alkanes) is 5. The van der Waals surface area contributed by atoms with Gasteiger partial charge in [-0.3, -0.25) is 4.90 Å². The first-order valence-electron chi connectivity index (χ1n) is 8.52. The largest absolute Gasteiger partial charge is 0.315 e. The third kappa shape index (κ3) is 8.61. The second-order valence-corrected chi connectivity index (χ2v) is 5.79. The highest BCUT2D eigenvalue weighted by Gasteiger charge is 2.14. The molecule has 1 N–H and O–H groups in total. The molecule has 0 amide bonds. The Balaban J connectivity index is 1.81. The van der Waals surface area contributed by atoms with Crippen molar-refractivity contribution in [2.24, 2.45) is 0 Å². The number of hydrogen-bond acceptors (Lipinski definition) is 3. The Kier molecular flexibility index (Phi) is 10.4. The molecule has 0 bridgehead atoms. The van der Waals surface area contributed by atoms with E-state index < -0.39 is 0 Å². The first-order valence-corrected chi connectivity index (χ1v) is 8.52. The van der Waals surface area contributed by atoms with E-state index >= 15 is 0 Å². The highest BCUT2D eigenvalue weighted by Crippen LogP contribution is 2.04. The van der Waals surface area contributed by atoms with Crippen LogP contribution in [0.15, 0.2) is 0 Å². The minimum atomic E-state index is 1.17. The monoisotopic (exact) mass is 269 g/mol. The smallest absolute Gasteiger partial charge is 0.0110 e. The molecule has 1 rings (SSSR count). The Morgan fingerprint density at radius 3 is 2.05 bits per heavy atom. The molecule has 0 spiro atoms. The normalized spacial score (nSPS) is 18.0. The summed E-state index contributed by atoms with van der Waals surface area (Å²) in [5.74, 6) is 0. The molecule has 1 saturated heterocycles. The van der Waals surface area contributed by atoms with E-state index in [0.717, 1.165) is 0 Å². The summed E-state index contributed by atoms with van der Waals surface area (Å²) in [4.78, 5) is 5.14. The zero-order valence-electron chi connectivity index (χ0n) is 13.3. The highest BCUT2D eigenvalue weighted by atomic mass is 15.3. The fourth-order valence-electron chi connectivity index (χ4n) is 2.72. The van der Waals surface area contributed by atoms with E-state index in [0.29, 0.717) is 0 Å². The fourth-order valence-corrected chi connectivity index (χ4v) is 2.72. The summed E-state index contributed by atoms with van der Waals surface area (Å²) in [5.41, 5.74) is 0. The van der Waals surface area contributed by atoms with Crippen LogP contribution in [0.5, 0.6) is 0 Å². The first-order chi connectivity index (χ1) is 9.36. The van der Waals surface area contributed by atoms with Gasteiger partial charge in [-0.2, -0.15) is 0 Å². The molecule has 114 valence electrons. The molecule has 1 fully saturated rings. The van der Waals surface area contributed by atoms with Crippen LogP contribution in [0, 0.1) is 0 Å². The zero-order valence-corrected chi connectivity index (χ0v) is 13.3. The molecule has 0 atom stereocenters. The second kappa shape index (κ2) is 11.7. The lowest BCUT2D eigenvalue weighted by molar-refractivity contribution is 0.138. The molecule has 0 saturated carbocycles. The molecular weight excluding hydrogens is 234 g/mol. The van der Waals surface area contributed by atoms with Gasteiger partial charge in [0.2, 0.25) is 0 Å². The molecule has 1 heterocycles. The van der Waals surface area contributed by atoms with E-state index in [1.165, 1.54) is 90.9 Å². The number of rotatable bonds is 11. The van der Waals surface area contributed by atoms with Crippen LogP contribution in [0.25, 0.3) is 0 Å². The Labute approximate surface area is 120 Å². The molecule has 19 heavy (non-hydrogen) atoms.